The Morgan fingerprint density at radius 1 is 1.23 bits per heavy atom. The lowest BCUT2D eigenvalue weighted by Crippen LogP contribution is -2.40. The second kappa shape index (κ2) is 9.01. The number of terminal acetylenes is 1. The summed E-state index contributed by atoms with van der Waals surface area (Å²) < 4.78 is 11.4. The number of ether oxygens (including phenoxy) is 2. The molecular formula is C22H31NO3. The fourth-order valence-electron chi connectivity index (χ4n) is 4.23. The molecule has 0 amide bonds. The summed E-state index contributed by atoms with van der Waals surface area (Å²) in [5.41, 5.74) is 10.1. The molecule has 0 bridgehead atoms. The summed E-state index contributed by atoms with van der Waals surface area (Å²) in [5, 5.41) is 9.49. The molecule has 0 heterocycles. The maximum atomic E-state index is 9.49. The van der Waals surface area contributed by atoms with E-state index >= 15 is 0 Å². The van der Waals surface area contributed by atoms with Crippen LogP contribution in [0.25, 0.3) is 0 Å². The quantitative estimate of drug-likeness (QED) is 0.554. The summed E-state index contributed by atoms with van der Waals surface area (Å²) in [4.78, 5) is 0. The predicted molar refractivity (Wildman–Crippen MR) is 103 cm³/mol. The van der Waals surface area contributed by atoms with Crippen LogP contribution in [0, 0.1) is 12.3 Å². The number of hydrogen-bond donors (Lipinski definition) is 2. The van der Waals surface area contributed by atoms with Gasteiger partial charge in [-0.05, 0) is 61.1 Å². The highest BCUT2D eigenvalue weighted by atomic mass is 16.5. The molecule has 4 heteroatoms. The van der Waals surface area contributed by atoms with Crippen molar-refractivity contribution in [2.24, 2.45) is 5.73 Å². The average molecular weight is 357 g/mol. The molecule has 3 rings (SSSR count). The third-order valence-electron chi connectivity index (χ3n) is 5.82. The number of aliphatic hydroxyl groups is 1. The minimum atomic E-state index is -0.387. The Morgan fingerprint density at radius 2 is 2.12 bits per heavy atom. The Balaban J connectivity index is 1.49. The lowest BCUT2D eigenvalue weighted by atomic mass is 9.85. The molecule has 3 atom stereocenters. The molecule has 0 saturated heterocycles. The average Bonchev–Trinajstić information content (AvgIpc) is 3.07. The third kappa shape index (κ3) is 4.86. The van der Waals surface area contributed by atoms with E-state index in [-0.39, 0.29) is 18.2 Å². The van der Waals surface area contributed by atoms with Crippen molar-refractivity contribution in [3.63, 3.8) is 0 Å². The van der Waals surface area contributed by atoms with E-state index in [1.165, 1.54) is 16.7 Å². The van der Waals surface area contributed by atoms with Crippen LogP contribution in [0.4, 0.5) is 0 Å². The smallest absolute Gasteiger partial charge is 0.0704 e. The largest absolute Gasteiger partial charge is 0.394 e. The van der Waals surface area contributed by atoms with Gasteiger partial charge in [0.15, 0.2) is 0 Å². The van der Waals surface area contributed by atoms with E-state index in [0.29, 0.717) is 32.2 Å². The second-order valence-electron chi connectivity index (χ2n) is 7.79. The summed E-state index contributed by atoms with van der Waals surface area (Å²) >= 11 is 0. The highest BCUT2D eigenvalue weighted by molar-refractivity contribution is 5.36. The number of benzene rings is 1. The normalized spacial score (nSPS) is 27.9. The fourth-order valence-corrected chi connectivity index (χ4v) is 4.23. The second-order valence-corrected chi connectivity index (χ2v) is 7.79. The van der Waals surface area contributed by atoms with Crippen molar-refractivity contribution in [3.05, 3.63) is 34.9 Å². The number of rotatable bonds is 8. The fraction of sp³-hybridized carbons (Fsp3) is 0.636. The Labute approximate surface area is 157 Å². The van der Waals surface area contributed by atoms with Crippen molar-refractivity contribution in [2.75, 3.05) is 26.4 Å². The van der Waals surface area contributed by atoms with Crippen molar-refractivity contribution < 1.29 is 14.6 Å². The first-order chi connectivity index (χ1) is 12.6. The van der Waals surface area contributed by atoms with E-state index in [0.717, 1.165) is 38.5 Å². The summed E-state index contributed by atoms with van der Waals surface area (Å²) in [6.45, 7) is 1.93. The molecule has 0 unspecified atom stereocenters. The van der Waals surface area contributed by atoms with Gasteiger partial charge in [0.2, 0.25) is 0 Å². The Kier molecular flexibility index (Phi) is 6.72. The zero-order valence-electron chi connectivity index (χ0n) is 15.6. The Morgan fingerprint density at radius 3 is 2.88 bits per heavy atom. The maximum Gasteiger partial charge on any atom is 0.0704 e. The molecule has 0 radical (unpaired) electrons. The molecule has 1 aromatic rings. The molecular weight excluding hydrogens is 326 g/mol. The molecule has 142 valence electrons. The molecule has 1 saturated carbocycles. The lowest BCUT2D eigenvalue weighted by molar-refractivity contribution is 0.000647. The first-order valence-corrected chi connectivity index (χ1v) is 9.78. The van der Waals surface area contributed by atoms with Crippen LogP contribution >= 0.6 is 0 Å². The number of aliphatic hydroxyl groups excluding tert-OH is 1. The maximum absolute atomic E-state index is 9.49. The van der Waals surface area contributed by atoms with E-state index < -0.39 is 0 Å². The van der Waals surface area contributed by atoms with Crippen molar-refractivity contribution in [3.8, 4) is 12.3 Å². The van der Waals surface area contributed by atoms with Crippen LogP contribution in [0.3, 0.4) is 0 Å². The first-order valence-electron chi connectivity index (χ1n) is 9.78. The van der Waals surface area contributed by atoms with Gasteiger partial charge >= 0.3 is 0 Å². The van der Waals surface area contributed by atoms with Gasteiger partial charge in [-0.3, -0.25) is 0 Å². The molecule has 1 aromatic carbocycles. The highest BCUT2D eigenvalue weighted by Crippen LogP contribution is 2.40. The summed E-state index contributed by atoms with van der Waals surface area (Å²) in [6, 6.07) is 6.87. The minimum Gasteiger partial charge on any atom is -0.394 e. The van der Waals surface area contributed by atoms with Crippen molar-refractivity contribution in [1.29, 1.82) is 0 Å². The van der Waals surface area contributed by atoms with E-state index in [1.807, 2.05) is 0 Å². The van der Waals surface area contributed by atoms with Crippen molar-refractivity contribution in [2.45, 2.75) is 62.5 Å². The molecule has 2 aliphatic carbocycles. The summed E-state index contributed by atoms with van der Waals surface area (Å²) in [7, 11) is 0. The van der Waals surface area contributed by atoms with E-state index in [4.69, 9.17) is 21.6 Å². The Bertz CT molecular complexity index is 639. The molecule has 26 heavy (non-hydrogen) atoms. The van der Waals surface area contributed by atoms with Gasteiger partial charge in [0.05, 0.1) is 32.5 Å². The van der Waals surface area contributed by atoms with E-state index in [1.54, 1.807) is 0 Å². The van der Waals surface area contributed by atoms with Crippen LogP contribution in [-0.2, 0) is 22.3 Å². The van der Waals surface area contributed by atoms with Gasteiger partial charge in [-0.1, -0.05) is 18.2 Å². The van der Waals surface area contributed by atoms with Crippen LogP contribution < -0.4 is 5.73 Å². The molecule has 0 aromatic heterocycles. The minimum absolute atomic E-state index is 0.0832. The van der Waals surface area contributed by atoms with Gasteiger partial charge in [-0.2, -0.15) is 0 Å². The van der Waals surface area contributed by atoms with Crippen molar-refractivity contribution >= 4 is 0 Å². The zero-order chi connectivity index (χ0) is 18.4. The number of nitrogens with two attached hydrogens (primary N) is 1. The molecule has 1 fully saturated rings. The van der Waals surface area contributed by atoms with Gasteiger partial charge in [-0.15, -0.1) is 12.3 Å². The SMILES string of the molecule is C#CCCOCCO[C@H]1CCc2cc([C@H]3CC[C@](N)(CO)C3)ccc2C1. The first kappa shape index (κ1) is 19.4. The van der Waals surface area contributed by atoms with Crippen LogP contribution in [0.15, 0.2) is 18.2 Å². The van der Waals surface area contributed by atoms with Crippen LogP contribution in [0.2, 0.25) is 0 Å². The lowest BCUT2D eigenvalue weighted by Gasteiger charge is -2.26. The van der Waals surface area contributed by atoms with Crippen LogP contribution in [0.5, 0.6) is 0 Å². The van der Waals surface area contributed by atoms with Crippen molar-refractivity contribution in [1.82, 2.24) is 0 Å². The monoisotopic (exact) mass is 357 g/mol. The topological polar surface area (TPSA) is 64.7 Å². The molecule has 4 nitrogen and oxygen atoms in total. The standard InChI is InChI=1S/C22H31NO3/c1-2-3-10-25-11-12-26-21-7-6-17-13-18(4-5-19(17)14-21)20-8-9-22(23,15-20)16-24/h1,4-5,13,20-21,24H,3,6-12,14-16,23H2/t20-,21-,22+/m0/s1. The van der Waals surface area contributed by atoms with Gasteiger partial charge in [0.25, 0.3) is 0 Å². The number of aryl methyl sites for hydroxylation is 1. The summed E-state index contributed by atoms with van der Waals surface area (Å²) in [6.07, 6.45) is 12.1. The predicted octanol–water partition coefficient (Wildman–Crippen LogP) is 2.56. The van der Waals surface area contributed by atoms with Gasteiger partial charge in [-0.25, -0.2) is 0 Å². The molecule has 2 aliphatic rings. The third-order valence-corrected chi connectivity index (χ3v) is 5.82. The van der Waals surface area contributed by atoms with E-state index in [2.05, 4.69) is 24.1 Å². The summed E-state index contributed by atoms with van der Waals surface area (Å²) in [5.74, 6) is 3.04. The molecule has 0 spiro atoms. The van der Waals surface area contributed by atoms with Crippen LogP contribution in [-0.4, -0.2) is 43.2 Å². The molecule has 3 N–H and O–H groups in total. The number of fused-ring (bicyclic) bond motifs is 1. The highest BCUT2D eigenvalue weighted by Gasteiger charge is 2.36. The van der Waals surface area contributed by atoms with Gasteiger partial charge in [0, 0.05) is 12.0 Å². The zero-order valence-corrected chi connectivity index (χ0v) is 15.6. The van der Waals surface area contributed by atoms with Gasteiger partial charge in [0.1, 0.15) is 0 Å². The number of hydrogen-bond acceptors (Lipinski definition) is 4. The molecule has 0 aliphatic heterocycles. The van der Waals surface area contributed by atoms with Gasteiger partial charge < -0.3 is 20.3 Å². The van der Waals surface area contributed by atoms with Crippen LogP contribution in [0.1, 0.15) is 54.7 Å². The Hall–Kier alpha value is -1.38. The van der Waals surface area contributed by atoms with E-state index in [9.17, 15) is 5.11 Å².